The lowest BCUT2D eigenvalue weighted by atomic mass is 10.0. The number of fused-ring (bicyclic) bond motifs is 1. The lowest BCUT2D eigenvalue weighted by Crippen LogP contribution is -2.45. The molecule has 0 aliphatic carbocycles. The summed E-state index contributed by atoms with van der Waals surface area (Å²) in [4.78, 5) is 19.8. The number of hydrogen-bond donors (Lipinski definition) is 2. The number of likely N-dealkylation sites (tertiary alicyclic amines) is 1. The van der Waals surface area contributed by atoms with E-state index in [9.17, 15) is 15.2 Å². The zero-order valence-electron chi connectivity index (χ0n) is 37.7. The standard InChI is InChI=1S/C51H56Cl2N6O6/c1-50(2,3)64-32-44(49(61)65-51(4,5)6)56-25-37-20-43(52)38(21-47(37)63-31-36-19-35(22-54)23-55-24-36)28-59-45-11-7-9-40(42(45)26-57-59)41-10-8-12-46(48(41)53)62-30-34-15-13-33(14-16-34)27-58-18-17-39(60)29-58/h7-16,19-21,23-24,26,39,44,56,60H,17-18,25,27-32H2,1-6H3/t39-,44+/m1/s1. The number of nitrogens with zero attached hydrogens (tertiary/aromatic N) is 5. The van der Waals surface area contributed by atoms with Crippen molar-refractivity contribution >= 4 is 40.1 Å². The first kappa shape index (κ1) is 47.4. The number of esters is 1. The molecule has 4 aromatic carbocycles. The van der Waals surface area contributed by atoms with E-state index in [1.54, 1.807) is 12.3 Å². The molecular weight excluding hydrogens is 864 g/mol. The Morgan fingerprint density at radius 1 is 0.862 bits per heavy atom. The largest absolute Gasteiger partial charge is 0.489 e. The maximum Gasteiger partial charge on any atom is 0.326 e. The first-order chi connectivity index (χ1) is 31.0. The van der Waals surface area contributed by atoms with Crippen LogP contribution >= 0.6 is 23.2 Å². The SMILES string of the molecule is CC(C)(C)OC[C@H](NCc1cc(Cl)c(Cn2ncc3c(-c4cccc(OCc5ccc(CN6CC[C@@H](O)C6)cc5)c4Cl)cccc32)cc1OCc1cncc(C#N)c1)C(=O)OC(C)(C)C. The molecule has 6 aromatic rings. The maximum absolute atomic E-state index is 13.4. The Hall–Kier alpha value is -5.52. The van der Waals surface area contributed by atoms with Crippen LogP contribution in [0.1, 0.15) is 81.3 Å². The first-order valence-corrected chi connectivity index (χ1v) is 22.5. The van der Waals surface area contributed by atoms with E-state index in [4.69, 9.17) is 47.2 Å². The molecule has 65 heavy (non-hydrogen) atoms. The van der Waals surface area contributed by atoms with Crippen LogP contribution in [0.15, 0.2) is 97.5 Å². The number of benzene rings is 4. The number of carbonyl (C=O) groups is 1. The fourth-order valence-corrected chi connectivity index (χ4v) is 8.07. The fourth-order valence-electron chi connectivity index (χ4n) is 7.54. The Bertz CT molecular complexity index is 2650. The molecule has 1 fully saturated rings. The van der Waals surface area contributed by atoms with Crippen molar-refractivity contribution in [1.82, 2.24) is 25.0 Å². The molecule has 12 nitrogen and oxygen atoms in total. The molecule has 3 heterocycles. The molecule has 2 aromatic heterocycles. The number of aliphatic hydroxyl groups is 1. The maximum atomic E-state index is 13.4. The highest BCUT2D eigenvalue weighted by atomic mass is 35.5. The quantitative estimate of drug-likeness (QED) is 0.0845. The smallest absolute Gasteiger partial charge is 0.326 e. The third kappa shape index (κ3) is 12.9. The molecule has 0 bridgehead atoms. The molecule has 2 atom stereocenters. The van der Waals surface area contributed by atoms with E-state index in [-0.39, 0.29) is 25.9 Å². The summed E-state index contributed by atoms with van der Waals surface area (Å²) in [6.07, 6.45) is 5.56. The summed E-state index contributed by atoms with van der Waals surface area (Å²) in [5.74, 6) is 0.666. The molecular formula is C51H56Cl2N6O6. The number of carbonyl (C=O) groups excluding carboxylic acids is 1. The number of halogens is 2. The van der Waals surface area contributed by atoms with Gasteiger partial charge in [0.05, 0.1) is 47.2 Å². The average Bonchev–Trinajstić information content (AvgIpc) is 3.88. The number of rotatable bonds is 17. The number of aliphatic hydroxyl groups excluding tert-OH is 1. The zero-order chi connectivity index (χ0) is 46.3. The highest BCUT2D eigenvalue weighted by Gasteiger charge is 2.28. The first-order valence-electron chi connectivity index (χ1n) is 21.7. The van der Waals surface area contributed by atoms with E-state index in [2.05, 4.69) is 45.5 Å². The van der Waals surface area contributed by atoms with Gasteiger partial charge in [-0.25, -0.2) is 0 Å². The van der Waals surface area contributed by atoms with Crippen LogP contribution in [0.25, 0.3) is 22.0 Å². The van der Waals surface area contributed by atoms with Crippen LogP contribution in [0.3, 0.4) is 0 Å². The Balaban J connectivity index is 1.11. The summed E-state index contributed by atoms with van der Waals surface area (Å²) in [5.41, 5.74) is 6.23. The van der Waals surface area contributed by atoms with Crippen molar-refractivity contribution in [1.29, 1.82) is 5.26 Å². The summed E-state index contributed by atoms with van der Waals surface area (Å²) in [5, 5.41) is 29.4. The summed E-state index contributed by atoms with van der Waals surface area (Å²) < 4.78 is 26.4. The van der Waals surface area contributed by atoms with Gasteiger partial charge in [-0.05, 0) is 101 Å². The number of nitrogens with one attached hydrogen (secondary N) is 1. The van der Waals surface area contributed by atoms with E-state index in [1.165, 1.54) is 11.8 Å². The van der Waals surface area contributed by atoms with Gasteiger partial charge in [0.1, 0.15) is 42.4 Å². The molecule has 0 amide bonds. The molecule has 7 rings (SSSR count). The minimum atomic E-state index is -0.777. The van der Waals surface area contributed by atoms with Crippen molar-refractivity contribution in [2.75, 3.05) is 19.7 Å². The van der Waals surface area contributed by atoms with Crippen molar-refractivity contribution in [3.63, 3.8) is 0 Å². The number of ether oxygens (including phenoxy) is 4. The molecule has 1 aliphatic rings. The van der Waals surface area contributed by atoms with E-state index in [0.717, 1.165) is 52.7 Å². The molecule has 14 heteroatoms. The summed E-state index contributed by atoms with van der Waals surface area (Å²) in [6.45, 7) is 14.8. The van der Waals surface area contributed by atoms with Crippen LogP contribution in [0, 0.1) is 11.3 Å². The van der Waals surface area contributed by atoms with Gasteiger partial charge in [-0.3, -0.25) is 24.7 Å². The third-order valence-corrected chi connectivity index (χ3v) is 11.5. The van der Waals surface area contributed by atoms with E-state index < -0.39 is 23.2 Å². The average molecular weight is 920 g/mol. The Kier molecular flexibility index (Phi) is 15.2. The Labute approximate surface area is 391 Å². The third-order valence-electron chi connectivity index (χ3n) is 10.8. The second kappa shape index (κ2) is 20.8. The molecule has 1 saturated heterocycles. The van der Waals surface area contributed by atoms with Crippen molar-refractivity contribution in [3.05, 3.63) is 141 Å². The van der Waals surface area contributed by atoms with Crippen molar-refractivity contribution in [3.8, 4) is 28.7 Å². The van der Waals surface area contributed by atoms with E-state index in [1.807, 2.05) is 101 Å². The molecule has 0 spiro atoms. The van der Waals surface area contributed by atoms with Gasteiger partial charge in [0, 0.05) is 65.7 Å². The summed E-state index contributed by atoms with van der Waals surface area (Å²) >= 11 is 14.2. The van der Waals surface area contributed by atoms with Crippen LogP contribution in [0.5, 0.6) is 11.5 Å². The number of β-amino-alcohol motifs (C(OH)–C–C–N with tert-alkyl or cyclic N) is 1. The number of pyridine rings is 1. The van der Waals surface area contributed by atoms with Crippen molar-refractivity contribution < 1.29 is 28.8 Å². The molecule has 1 aliphatic heterocycles. The Morgan fingerprint density at radius 2 is 1.58 bits per heavy atom. The van der Waals surface area contributed by atoms with Gasteiger partial charge < -0.3 is 24.1 Å². The lowest BCUT2D eigenvalue weighted by Gasteiger charge is -2.27. The normalized spacial score (nSPS) is 14.9. The van der Waals surface area contributed by atoms with E-state index in [0.29, 0.717) is 57.9 Å². The monoisotopic (exact) mass is 918 g/mol. The van der Waals surface area contributed by atoms with Gasteiger partial charge >= 0.3 is 5.97 Å². The van der Waals surface area contributed by atoms with Gasteiger partial charge in [-0.15, -0.1) is 0 Å². The van der Waals surface area contributed by atoms with Crippen LogP contribution in [-0.2, 0) is 47.1 Å². The molecule has 340 valence electrons. The van der Waals surface area contributed by atoms with Gasteiger partial charge in [-0.1, -0.05) is 71.7 Å². The topological polar surface area (TPSA) is 144 Å². The fraction of sp³-hybridized carbons (Fsp3) is 0.373. The highest BCUT2D eigenvalue weighted by molar-refractivity contribution is 6.35. The lowest BCUT2D eigenvalue weighted by molar-refractivity contribution is -0.160. The van der Waals surface area contributed by atoms with Gasteiger partial charge in [0.15, 0.2) is 0 Å². The summed E-state index contributed by atoms with van der Waals surface area (Å²) in [6, 6.07) is 26.9. The molecule has 0 unspecified atom stereocenters. The minimum Gasteiger partial charge on any atom is -0.489 e. The zero-order valence-corrected chi connectivity index (χ0v) is 39.2. The van der Waals surface area contributed by atoms with Gasteiger partial charge in [0.2, 0.25) is 0 Å². The van der Waals surface area contributed by atoms with E-state index >= 15 is 0 Å². The van der Waals surface area contributed by atoms with Crippen LogP contribution in [0.4, 0.5) is 0 Å². The summed E-state index contributed by atoms with van der Waals surface area (Å²) in [7, 11) is 0. The van der Waals surface area contributed by atoms with Crippen LogP contribution < -0.4 is 14.8 Å². The second-order valence-corrected chi connectivity index (χ2v) is 19.2. The highest BCUT2D eigenvalue weighted by Crippen LogP contribution is 2.39. The van der Waals surface area contributed by atoms with Crippen LogP contribution in [0.2, 0.25) is 10.0 Å². The number of hydrogen-bond acceptors (Lipinski definition) is 11. The Morgan fingerprint density at radius 3 is 2.31 bits per heavy atom. The predicted molar refractivity (Wildman–Crippen MR) is 253 cm³/mol. The van der Waals surface area contributed by atoms with Crippen molar-refractivity contribution in [2.45, 2.75) is 104 Å². The van der Waals surface area contributed by atoms with Crippen molar-refractivity contribution in [2.24, 2.45) is 0 Å². The predicted octanol–water partition coefficient (Wildman–Crippen LogP) is 9.66. The number of nitriles is 1. The second-order valence-electron chi connectivity index (χ2n) is 18.4. The van der Waals surface area contributed by atoms with Gasteiger partial charge in [0.25, 0.3) is 0 Å². The molecule has 0 saturated carbocycles. The molecule has 2 N–H and O–H groups in total. The molecule has 0 radical (unpaired) electrons. The number of aromatic nitrogens is 3. The van der Waals surface area contributed by atoms with Gasteiger partial charge in [-0.2, -0.15) is 10.4 Å². The minimum absolute atomic E-state index is 0.0888. The van der Waals surface area contributed by atoms with Crippen LogP contribution in [-0.4, -0.2) is 73.8 Å².